The minimum atomic E-state index is 0.368. The quantitative estimate of drug-likeness (QED) is 0.705. The first kappa shape index (κ1) is 11.3. The number of hydrogen-bond donors (Lipinski definition) is 0. The summed E-state index contributed by atoms with van der Waals surface area (Å²) in [5, 5.41) is 15.8. The Balaban J connectivity index is 1.72. The minimum absolute atomic E-state index is 0.368. The van der Waals surface area contributed by atoms with Gasteiger partial charge in [-0.2, -0.15) is 0 Å². The molecule has 6 heteroatoms. The van der Waals surface area contributed by atoms with Gasteiger partial charge in [-0.25, -0.2) is 0 Å². The smallest absolute Gasteiger partial charge is 0.200 e. The van der Waals surface area contributed by atoms with Gasteiger partial charge < -0.3 is 4.90 Å². The summed E-state index contributed by atoms with van der Waals surface area (Å²) >= 11 is 0. The third-order valence-corrected chi connectivity index (χ3v) is 3.99. The third-order valence-electron chi connectivity index (χ3n) is 3.99. The zero-order valence-electron chi connectivity index (χ0n) is 11.1. The van der Waals surface area contributed by atoms with Gasteiger partial charge in [-0.15, -0.1) is 14.8 Å². The maximum absolute atomic E-state index is 4.46. The number of hydrogen-bond acceptors (Lipinski definition) is 5. The van der Waals surface area contributed by atoms with Gasteiger partial charge in [0.25, 0.3) is 0 Å². The second-order valence-electron chi connectivity index (χ2n) is 5.08. The number of nitrogens with zero attached hydrogens (tertiary/aromatic N) is 6. The van der Waals surface area contributed by atoms with E-state index < -0.39 is 0 Å². The molecule has 4 rings (SSSR count). The first-order valence-electron chi connectivity index (χ1n) is 6.69. The van der Waals surface area contributed by atoms with E-state index in [-0.39, 0.29) is 0 Å². The molecule has 0 aliphatic heterocycles. The van der Waals surface area contributed by atoms with Crippen molar-refractivity contribution >= 4 is 11.5 Å². The van der Waals surface area contributed by atoms with Crippen LogP contribution < -0.4 is 4.90 Å². The Morgan fingerprint density at radius 2 is 2.10 bits per heavy atom. The van der Waals surface area contributed by atoms with Crippen molar-refractivity contribution in [3.63, 3.8) is 0 Å². The molecule has 0 amide bonds. The molecule has 0 bridgehead atoms. The number of anilines is 1. The van der Waals surface area contributed by atoms with Gasteiger partial charge in [-0.3, -0.25) is 0 Å². The molecular weight excluding hydrogens is 252 g/mol. The largest absolute Gasteiger partial charge is 0.351 e. The fourth-order valence-electron chi connectivity index (χ4n) is 2.92. The summed E-state index contributed by atoms with van der Waals surface area (Å²) in [5.41, 5.74) is 3.50. The van der Waals surface area contributed by atoms with Crippen LogP contribution in [0, 0.1) is 0 Å². The van der Waals surface area contributed by atoms with E-state index in [9.17, 15) is 0 Å². The van der Waals surface area contributed by atoms with Crippen molar-refractivity contribution < 1.29 is 0 Å². The van der Waals surface area contributed by atoms with Gasteiger partial charge in [-0.1, -0.05) is 24.3 Å². The van der Waals surface area contributed by atoms with E-state index in [0.29, 0.717) is 11.7 Å². The lowest BCUT2D eigenvalue weighted by Gasteiger charge is -2.26. The summed E-state index contributed by atoms with van der Waals surface area (Å²) in [6.07, 6.45) is 2.24. The molecule has 0 N–H and O–H groups in total. The predicted molar refractivity (Wildman–Crippen MR) is 74.5 cm³/mol. The lowest BCUT2D eigenvalue weighted by molar-refractivity contribution is 0.638. The maximum atomic E-state index is 4.46. The van der Waals surface area contributed by atoms with E-state index >= 15 is 0 Å². The topological polar surface area (TPSA) is 59.2 Å². The number of aryl methyl sites for hydroxylation is 1. The van der Waals surface area contributed by atoms with Crippen LogP contribution in [0.15, 0.2) is 36.4 Å². The van der Waals surface area contributed by atoms with Crippen molar-refractivity contribution in [3.8, 4) is 0 Å². The van der Waals surface area contributed by atoms with Gasteiger partial charge in [-0.05, 0) is 46.5 Å². The number of fused-ring (bicyclic) bond motifs is 2. The van der Waals surface area contributed by atoms with Crippen LogP contribution in [0.25, 0.3) is 5.65 Å². The molecule has 0 saturated heterocycles. The van der Waals surface area contributed by atoms with E-state index in [1.807, 2.05) is 12.1 Å². The molecular formula is C14H14N6. The molecule has 0 fully saturated rings. The Kier molecular flexibility index (Phi) is 2.42. The van der Waals surface area contributed by atoms with Gasteiger partial charge >= 0.3 is 0 Å². The van der Waals surface area contributed by atoms with Crippen molar-refractivity contribution in [2.24, 2.45) is 0 Å². The van der Waals surface area contributed by atoms with Crippen molar-refractivity contribution in [2.75, 3.05) is 11.9 Å². The molecule has 1 aliphatic carbocycles. The Labute approximate surface area is 116 Å². The normalized spacial score (nSPS) is 17.4. The molecule has 3 aromatic rings. The van der Waals surface area contributed by atoms with Gasteiger partial charge in [0, 0.05) is 7.05 Å². The van der Waals surface area contributed by atoms with Crippen LogP contribution in [-0.4, -0.2) is 32.3 Å². The van der Waals surface area contributed by atoms with Crippen LogP contribution >= 0.6 is 0 Å². The number of rotatable bonds is 2. The van der Waals surface area contributed by atoms with Crippen LogP contribution in [0.2, 0.25) is 0 Å². The average Bonchev–Trinajstić information content (AvgIpc) is 3.12. The molecule has 0 saturated carbocycles. The highest BCUT2D eigenvalue weighted by molar-refractivity contribution is 5.48. The Morgan fingerprint density at radius 1 is 1.20 bits per heavy atom. The van der Waals surface area contributed by atoms with Gasteiger partial charge in [0.05, 0.1) is 6.04 Å². The van der Waals surface area contributed by atoms with Gasteiger partial charge in [0.1, 0.15) is 0 Å². The molecule has 0 radical (unpaired) electrons. The highest BCUT2D eigenvalue weighted by Gasteiger charge is 2.26. The number of aromatic nitrogens is 5. The molecule has 2 aromatic heterocycles. The van der Waals surface area contributed by atoms with Crippen LogP contribution in [0.3, 0.4) is 0 Å². The Bertz CT molecular complexity index is 765. The zero-order chi connectivity index (χ0) is 13.5. The Hall–Kier alpha value is -2.50. The molecule has 100 valence electrons. The van der Waals surface area contributed by atoms with E-state index in [1.165, 1.54) is 15.8 Å². The summed E-state index contributed by atoms with van der Waals surface area (Å²) in [5.74, 6) is 0.881. The molecule has 6 nitrogen and oxygen atoms in total. The summed E-state index contributed by atoms with van der Waals surface area (Å²) in [6, 6.07) is 12.8. The van der Waals surface area contributed by atoms with Crippen LogP contribution in [0.4, 0.5) is 5.82 Å². The van der Waals surface area contributed by atoms with Gasteiger partial charge in [0.15, 0.2) is 11.5 Å². The second kappa shape index (κ2) is 4.26. The fraction of sp³-hybridized carbons (Fsp3) is 0.286. The lowest BCUT2D eigenvalue weighted by atomic mass is 10.1. The van der Waals surface area contributed by atoms with Crippen LogP contribution in [0.1, 0.15) is 23.6 Å². The van der Waals surface area contributed by atoms with Crippen molar-refractivity contribution in [1.29, 1.82) is 0 Å². The van der Waals surface area contributed by atoms with E-state index in [2.05, 4.69) is 56.8 Å². The fourth-order valence-corrected chi connectivity index (χ4v) is 2.92. The molecule has 0 unspecified atom stereocenters. The molecule has 1 aliphatic rings. The summed E-state index contributed by atoms with van der Waals surface area (Å²) in [4.78, 5) is 2.20. The standard InChI is InChI=1S/C14H14N6/c1-19(12-7-6-10-4-2-3-5-11(10)12)14-9-8-13-15-17-18-20(13)16-14/h2-5,8-9,12H,6-7H2,1H3/t12-/m0/s1. The van der Waals surface area contributed by atoms with E-state index in [4.69, 9.17) is 0 Å². The maximum Gasteiger partial charge on any atom is 0.200 e. The third kappa shape index (κ3) is 1.65. The number of benzene rings is 1. The first-order chi connectivity index (χ1) is 9.83. The van der Waals surface area contributed by atoms with Gasteiger partial charge in [0.2, 0.25) is 0 Å². The molecule has 0 spiro atoms. The van der Waals surface area contributed by atoms with Crippen molar-refractivity contribution in [3.05, 3.63) is 47.5 Å². The number of tetrazole rings is 1. The van der Waals surface area contributed by atoms with Crippen molar-refractivity contribution in [1.82, 2.24) is 25.3 Å². The zero-order valence-corrected chi connectivity index (χ0v) is 11.1. The average molecular weight is 266 g/mol. The minimum Gasteiger partial charge on any atom is -0.351 e. The molecule has 2 heterocycles. The van der Waals surface area contributed by atoms with Crippen molar-refractivity contribution in [2.45, 2.75) is 18.9 Å². The summed E-state index contributed by atoms with van der Waals surface area (Å²) in [7, 11) is 2.07. The lowest BCUT2D eigenvalue weighted by Crippen LogP contribution is -2.24. The summed E-state index contributed by atoms with van der Waals surface area (Å²) < 4.78 is 1.46. The van der Waals surface area contributed by atoms with E-state index in [1.54, 1.807) is 0 Å². The monoisotopic (exact) mass is 266 g/mol. The second-order valence-corrected chi connectivity index (χ2v) is 5.08. The predicted octanol–water partition coefficient (Wildman–Crippen LogP) is 1.64. The van der Waals surface area contributed by atoms with E-state index in [0.717, 1.165) is 18.7 Å². The van der Waals surface area contributed by atoms with Crippen LogP contribution in [0.5, 0.6) is 0 Å². The highest BCUT2D eigenvalue weighted by Crippen LogP contribution is 2.36. The Morgan fingerprint density at radius 3 is 3.05 bits per heavy atom. The van der Waals surface area contributed by atoms with Crippen LogP contribution in [-0.2, 0) is 6.42 Å². The molecule has 20 heavy (non-hydrogen) atoms. The SMILES string of the molecule is CN(c1ccc2nnnn2n1)[C@H]1CCc2ccccc21. The molecule has 1 aromatic carbocycles. The first-order valence-corrected chi connectivity index (χ1v) is 6.69. The highest BCUT2D eigenvalue weighted by atomic mass is 15.6. The molecule has 1 atom stereocenters. The summed E-state index contributed by atoms with van der Waals surface area (Å²) in [6.45, 7) is 0.